The second kappa shape index (κ2) is 5.37. The molecule has 0 aliphatic heterocycles. The van der Waals surface area contributed by atoms with Gasteiger partial charge in [-0.05, 0) is 55.0 Å². The summed E-state index contributed by atoms with van der Waals surface area (Å²) in [4.78, 5) is 13.3. The minimum atomic E-state index is 0.619. The van der Waals surface area contributed by atoms with Gasteiger partial charge in [0.05, 0.1) is 17.1 Å². The van der Waals surface area contributed by atoms with Crippen LogP contribution >= 0.6 is 0 Å². The van der Waals surface area contributed by atoms with Gasteiger partial charge >= 0.3 is 0 Å². The molecule has 0 bridgehead atoms. The van der Waals surface area contributed by atoms with Crippen LogP contribution in [0.2, 0.25) is 0 Å². The Morgan fingerprint density at radius 3 is 2.50 bits per heavy atom. The summed E-state index contributed by atoms with van der Waals surface area (Å²) < 4.78 is 0. The lowest BCUT2D eigenvalue weighted by Crippen LogP contribution is -2.19. The monoisotopic (exact) mass is 266 g/mol. The summed E-state index contributed by atoms with van der Waals surface area (Å²) >= 11 is 0. The molecule has 0 saturated carbocycles. The molecule has 102 valence electrons. The third kappa shape index (κ3) is 2.16. The number of hydrogen-bond donors (Lipinski definition) is 1. The van der Waals surface area contributed by atoms with E-state index in [2.05, 4.69) is 6.07 Å². The minimum absolute atomic E-state index is 0.619. The van der Waals surface area contributed by atoms with Gasteiger partial charge < -0.3 is 5.73 Å². The van der Waals surface area contributed by atoms with Crippen LogP contribution in [-0.2, 0) is 17.6 Å². The predicted molar refractivity (Wildman–Crippen MR) is 82.1 cm³/mol. The van der Waals surface area contributed by atoms with Crippen molar-refractivity contribution in [3.8, 4) is 0 Å². The van der Waals surface area contributed by atoms with E-state index in [0.717, 1.165) is 30.6 Å². The normalized spacial score (nSPS) is 13.6. The molecule has 3 heteroatoms. The maximum atomic E-state index is 11.6. The lowest BCUT2D eigenvalue weighted by atomic mass is 9.90. The molecule has 0 fully saturated rings. The maximum absolute atomic E-state index is 11.6. The zero-order valence-electron chi connectivity index (χ0n) is 11.4. The number of nitrogen functional groups attached to an aromatic ring is 1. The van der Waals surface area contributed by atoms with Crippen LogP contribution in [0.1, 0.15) is 24.0 Å². The summed E-state index contributed by atoms with van der Waals surface area (Å²) in [5, 5.41) is 0. The van der Waals surface area contributed by atoms with Crippen LogP contribution in [0.3, 0.4) is 0 Å². The number of amides is 1. The summed E-state index contributed by atoms with van der Waals surface area (Å²) in [6.45, 7) is 0. The number of nitrogens with two attached hydrogens (primary N) is 1. The molecule has 2 aromatic carbocycles. The van der Waals surface area contributed by atoms with Crippen molar-refractivity contribution in [3.05, 3.63) is 53.6 Å². The quantitative estimate of drug-likeness (QED) is 0.683. The Balaban J connectivity index is 2.11. The molecular weight excluding hydrogens is 248 g/mol. The molecule has 1 aliphatic rings. The van der Waals surface area contributed by atoms with E-state index in [1.807, 2.05) is 36.4 Å². The third-order valence-electron chi connectivity index (χ3n) is 3.93. The maximum Gasteiger partial charge on any atom is 0.218 e. The molecule has 0 saturated heterocycles. The molecule has 1 aliphatic carbocycles. The molecule has 0 spiro atoms. The van der Waals surface area contributed by atoms with Gasteiger partial charge in [0, 0.05) is 0 Å². The number of fused-ring (bicyclic) bond motifs is 1. The Hall–Kier alpha value is -2.29. The van der Waals surface area contributed by atoms with Crippen molar-refractivity contribution < 1.29 is 4.79 Å². The van der Waals surface area contributed by atoms with Crippen LogP contribution in [0.5, 0.6) is 0 Å². The van der Waals surface area contributed by atoms with E-state index in [0.29, 0.717) is 5.69 Å². The van der Waals surface area contributed by atoms with E-state index < -0.39 is 0 Å². The Labute approximate surface area is 119 Å². The lowest BCUT2D eigenvalue weighted by Gasteiger charge is -2.26. The first-order valence-electron chi connectivity index (χ1n) is 7.01. The number of rotatable bonds is 3. The van der Waals surface area contributed by atoms with Gasteiger partial charge in [0.2, 0.25) is 6.41 Å². The first kappa shape index (κ1) is 12.7. The molecule has 0 aromatic heterocycles. The average Bonchev–Trinajstić information content (AvgIpc) is 2.50. The van der Waals surface area contributed by atoms with Crippen molar-refractivity contribution in [2.45, 2.75) is 25.7 Å². The second-order valence-corrected chi connectivity index (χ2v) is 5.16. The molecule has 0 unspecified atom stereocenters. The highest BCUT2D eigenvalue weighted by molar-refractivity contribution is 5.92. The van der Waals surface area contributed by atoms with Gasteiger partial charge in [-0.25, -0.2) is 0 Å². The molecule has 3 nitrogen and oxygen atoms in total. The average molecular weight is 266 g/mol. The molecular formula is C17H18N2O. The fourth-order valence-electron chi connectivity index (χ4n) is 2.94. The van der Waals surface area contributed by atoms with Crippen molar-refractivity contribution in [2.24, 2.45) is 0 Å². The second-order valence-electron chi connectivity index (χ2n) is 5.16. The van der Waals surface area contributed by atoms with Crippen LogP contribution in [0, 0.1) is 0 Å². The first-order valence-corrected chi connectivity index (χ1v) is 7.01. The molecule has 20 heavy (non-hydrogen) atoms. The number of anilines is 3. The fourth-order valence-corrected chi connectivity index (χ4v) is 2.94. The predicted octanol–water partition coefficient (Wildman–Crippen LogP) is 3.44. The Kier molecular flexibility index (Phi) is 3.42. The fraction of sp³-hybridized carbons (Fsp3) is 0.235. The van der Waals surface area contributed by atoms with Crippen molar-refractivity contribution >= 4 is 23.5 Å². The summed E-state index contributed by atoms with van der Waals surface area (Å²) in [5.74, 6) is 0. The van der Waals surface area contributed by atoms with Crippen LogP contribution in [0.4, 0.5) is 17.1 Å². The van der Waals surface area contributed by atoms with Crippen molar-refractivity contribution in [3.63, 3.8) is 0 Å². The van der Waals surface area contributed by atoms with Gasteiger partial charge in [-0.2, -0.15) is 0 Å². The highest BCUT2D eigenvalue weighted by atomic mass is 16.1. The number of aryl methyl sites for hydroxylation is 1. The van der Waals surface area contributed by atoms with Crippen molar-refractivity contribution in [1.29, 1.82) is 0 Å². The topological polar surface area (TPSA) is 46.3 Å². The van der Waals surface area contributed by atoms with Gasteiger partial charge in [-0.3, -0.25) is 9.69 Å². The van der Waals surface area contributed by atoms with Gasteiger partial charge in [-0.1, -0.05) is 24.3 Å². The zero-order valence-corrected chi connectivity index (χ0v) is 11.4. The lowest BCUT2D eigenvalue weighted by molar-refractivity contribution is -0.106. The molecule has 0 heterocycles. The Morgan fingerprint density at radius 2 is 1.70 bits per heavy atom. The first-order chi connectivity index (χ1) is 9.81. The van der Waals surface area contributed by atoms with Gasteiger partial charge in [-0.15, -0.1) is 0 Å². The van der Waals surface area contributed by atoms with Gasteiger partial charge in [0.15, 0.2) is 0 Å². The molecule has 2 aromatic rings. The largest absolute Gasteiger partial charge is 0.397 e. The highest BCUT2D eigenvalue weighted by Crippen LogP contribution is 2.35. The number of hydrogen-bond acceptors (Lipinski definition) is 2. The number of nitrogens with zero attached hydrogens (tertiary/aromatic N) is 1. The zero-order chi connectivity index (χ0) is 13.9. The summed E-state index contributed by atoms with van der Waals surface area (Å²) in [6.07, 6.45) is 5.39. The summed E-state index contributed by atoms with van der Waals surface area (Å²) in [7, 11) is 0. The van der Waals surface area contributed by atoms with E-state index in [9.17, 15) is 4.79 Å². The number of para-hydroxylation sites is 2. The van der Waals surface area contributed by atoms with E-state index in [1.165, 1.54) is 24.0 Å². The summed E-state index contributed by atoms with van der Waals surface area (Å²) in [5.41, 5.74) is 11.0. The van der Waals surface area contributed by atoms with Crippen LogP contribution in [0.15, 0.2) is 42.5 Å². The van der Waals surface area contributed by atoms with Crippen LogP contribution in [-0.4, -0.2) is 6.41 Å². The third-order valence-corrected chi connectivity index (χ3v) is 3.93. The SMILES string of the molecule is Nc1ccccc1N(C=O)c1cccc2c1CCCC2. The highest BCUT2D eigenvalue weighted by Gasteiger charge is 2.19. The standard InChI is InChI=1S/C17H18N2O/c18-15-9-3-4-10-17(15)19(12-20)16-11-5-7-13-6-1-2-8-14(13)16/h3-5,7,9-12H,1-2,6,8,18H2. The van der Waals surface area contributed by atoms with Crippen molar-refractivity contribution in [2.75, 3.05) is 10.6 Å². The number of benzene rings is 2. The Bertz CT molecular complexity index is 637. The van der Waals surface area contributed by atoms with Crippen molar-refractivity contribution in [1.82, 2.24) is 0 Å². The number of carbonyl (C=O) groups is 1. The van der Waals surface area contributed by atoms with E-state index >= 15 is 0 Å². The van der Waals surface area contributed by atoms with Gasteiger partial charge in [0.1, 0.15) is 0 Å². The smallest absolute Gasteiger partial charge is 0.218 e. The molecule has 2 N–H and O–H groups in total. The molecule has 3 rings (SSSR count). The Morgan fingerprint density at radius 1 is 0.950 bits per heavy atom. The van der Waals surface area contributed by atoms with Gasteiger partial charge in [0.25, 0.3) is 0 Å². The van der Waals surface area contributed by atoms with E-state index in [-0.39, 0.29) is 0 Å². The van der Waals surface area contributed by atoms with E-state index in [4.69, 9.17) is 5.73 Å². The van der Waals surface area contributed by atoms with E-state index in [1.54, 1.807) is 4.90 Å². The number of carbonyl (C=O) groups excluding carboxylic acids is 1. The molecule has 1 amide bonds. The molecule has 0 radical (unpaired) electrons. The molecule has 0 atom stereocenters. The minimum Gasteiger partial charge on any atom is -0.397 e. The van der Waals surface area contributed by atoms with Crippen LogP contribution in [0.25, 0.3) is 0 Å². The summed E-state index contributed by atoms with van der Waals surface area (Å²) in [6, 6.07) is 13.7. The van der Waals surface area contributed by atoms with Crippen LogP contribution < -0.4 is 10.6 Å².